The summed E-state index contributed by atoms with van der Waals surface area (Å²) < 4.78 is 0. The van der Waals surface area contributed by atoms with Gasteiger partial charge in [0.1, 0.15) is 0 Å². The first-order chi connectivity index (χ1) is 9.74. The third kappa shape index (κ3) is 2.57. The monoisotopic (exact) mass is 269 g/mol. The maximum atomic E-state index is 12.2. The number of hydrogen-bond acceptors (Lipinski definition) is 3. The number of amides is 1. The van der Waals surface area contributed by atoms with Crippen molar-refractivity contribution in [3.8, 4) is 0 Å². The number of H-pyrrole nitrogens is 1. The zero-order valence-electron chi connectivity index (χ0n) is 11.3. The molecule has 1 saturated carbocycles. The number of carbonyl (C=O) groups excluding carboxylic acids is 1. The standard InChI is InChI=1S/C15H17N4O/c1-10(12-7-2-3-8-16-12)15(20)17-14-9-13(18-19-14)11-5-4-6-11/h2-4,7-11H,5-6H2,1H3,(H2,17,18,19,20). The second-order valence-corrected chi connectivity index (χ2v) is 5.13. The first kappa shape index (κ1) is 12.8. The summed E-state index contributed by atoms with van der Waals surface area (Å²) in [5.74, 6) is 0.719. The van der Waals surface area contributed by atoms with Gasteiger partial charge in [0.05, 0.1) is 11.6 Å². The third-order valence-corrected chi connectivity index (χ3v) is 3.72. The molecule has 2 aromatic heterocycles. The van der Waals surface area contributed by atoms with E-state index in [-0.39, 0.29) is 11.8 Å². The summed E-state index contributed by atoms with van der Waals surface area (Å²) in [4.78, 5) is 16.4. The molecule has 0 aliphatic heterocycles. The van der Waals surface area contributed by atoms with Gasteiger partial charge in [-0.1, -0.05) is 6.07 Å². The van der Waals surface area contributed by atoms with Crippen LogP contribution in [0.2, 0.25) is 0 Å². The number of carbonyl (C=O) groups is 1. The smallest absolute Gasteiger partial charge is 0.234 e. The fourth-order valence-electron chi connectivity index (χ4n) is 2.20. The number of nitrogens with zero attached hydrogens (tertiary/aromatic N) is 2. The molecular weight excluding hydrogens is 252 g/mol. The average Bonchev–Trinajstić information content (AvgIpc) is 2.85. The zero-order valence-corrected chi connectivity index (χ0v) is 11.3. The summed E-state index contributed by atoms with van der Waals surface area (Å²) in [6.07, 6.45) is 6.10. The molecule has 103 valence electrons. The average molecular weight is 269 g/mol. The quantitative estimate of drug-likeness (QED) is 0.896. The number of aromatic amines is 1. The van der Waals surface area contributed by atoms with Crippen LogP contribution in [0.1, 0.15) is 43.0 Å². The van der Waals surface area contributed by atoms with E-state index in [4.69, 9.17) is 0 Å². The molecule has 1 unspecified atom stereocenters. The predicted molar refractivity (Wildman–Crippen MR) is 76.1 cm³/mol. The van der Waals surface area contributed by atoms with Gasteiger partial charge in [-0.3, -0.25) is 14.9 Å². The van der Waals surface area contributed by atoms with Gasteiger partial charge in [0.25, 0.3) is 0 Å². The lowest BCUT2D eigenvalue weighted by Crippen LogP contribution is -2.19. The van der Waals surface area contributed by atoms with Crippen molar-refractivity contribution >= 4 is 11.7 Å². The number of pyridine rings is 1. The minimum absolute atomic E-state index is 0.0954. The summed E-state index contributed by atoms with van der Waals surface area (Å²) >= 11 is 0. The van der Waals surface area contributed by atoms with Crippen LogP contribution >= 0.6 is 0 Å². The highest BCUT2D eigenvalue weighted by atomic mass is 16.1. The molecule has 0 aromatic carbocycles. The fourth-order valence-corrected chi connectivity index (χ4v) is 2.20. The third-order valence-electron chi connectivity index (χ3n) is 3.72. The van der Waals surface area contributed by atoms with E-state index in [0.29, 0.717) is 11.7 Å². The van der Waals surface area contributed by atoms with Crippen LogP contribution in [0.4, 0.5) is 5.82 Å². The Morgan fingerprint density at radius 3 is 2.95 bits per heavy atom. The van der Waals surface area contributed by atoms with E-state index in [1.165, 1.54) is 0 Å². The first-order valence-corrected chi connectivity index (χ1v) is 6.83. The molecule has 1 atom stereocenters. The molecule has 5 nitrogen and oxygen atoms in total. The van der Waals surface area contributed by atoms with Crippen molar-refractivity contribution in [2.45, 2.75) is 31.6 Å². The molecule has 1 fully saturated rings. The van der Waals surface area contributed by atoms with Gasteiger partial charge in [0.2, 0.25) is 5.91 Å². The molecule has 1 aliphatic carbocycles. The minimum atomic E-state index is -0.298. The highest BCUT2D eigenvalue weighted by Gasteiger charge is 2.23. The van der Waals surface area contributed by atoms with Gasteiger partial charge in [0.15, 0.2) is 5.82 Å². The van der Waals surface area contributed by atoms with Gasteiger partial charge in [-0.05, 0) is 38.3 Å². The normalized spacial score (nSPS) is 16.4. The maximum absolute atomic E-state index is 12.2. The molecule has 2 N–H and O–H groups in total. The Kier molecular flexibility index (Phi) is 3.50. The summed E-state index contributed by atoms with van der Waals surface area (Å²) in [7, 11) is 0. The van der Waals surface area contributed by atoms with Crippen molar-refractivity contribution < 1.29 is 4.79 Å². The van der Waals surface area contributed by atoms with Gasteiger partial charge in [0, 0.05) is 23.9 Å². The van der Waals surface area contributed by atoms with Gasteiger partial charge < -0.3 is 5.32 Å². The van der Waals surface area contributed by atoms with Crippen molar-refractivity contribution in [3.05, 3.63) is 48.3 Å². The van der Waals surface area contributed by atoms with Crippen LogP contribution < -0.4 is 5.32 Å². The highest BCUT2D eigenvalue weighted by Crippen LogP contribution is 2.35. The largest absolute Gasteiger partial charge is 0.309 e. The van der Waals surface area contributed by atoms with Crippen molar-refractivity contribution in [1.29, 1.82) is 0 Å². The number of rotatable bonds is 4. The predicted octanol–water partition coefficient (Wildman–Crippen LogP) is 2.63. The zero-order chi connectivity index (χ0) is 13.9. The lowest BCUT2D eigenvalue weighted by Gasteiger charge is -2.22. The van der Waals surface area contributed by atoms with Crippen LogP contribution in [0.3, 0.4) is 0 Å². The molecule has 2 heterocycles. The summed E-state index contributed by atoms with van der Waals surface area (Å²) in [5, 5.41) is 9.97. The van der Waals surface area contributed by atoms with Crippen LogP contribution in [0.15, 0.2) is 30.5 Å². The molecule has 5 heteroatoms. The van der Waals surface area contributed by atoms with Crippen LogP contribution in [0.25, 0.3) is 0 Å². The first-order valence-electron chi connectivity index (χ1n) is 6.83. The molecule has 0 spiro atoms. The Bertz CT molecular complexity index is 589. The number of nitrogens with one attached hydrogen (secondary N) is 2. The summed E-state index contributed by atoms with van der Waals surface area (Å²) in [6.45, 7) is 1.84. The van der Waals surface area contributed by atoms with Crippen molar-refractivity contribution in [2.24, 2.45) is 0 Å². The Morgan fingerprint density at radius 1 is 1.45 bits per heavy atom. The second-order valence-electron chi connectivity index (χ2n) is 5.13. The Morgan fingerprint density at radius 2 is 2.30 bits per heavy atom. The molecule has 0 saturated heterocycles. The molecule has 1 amide bonds. The fraction of sp³-hybridized carbons (Fsp3) is 0.333. The van der Waals surface area contributed by atoms with E-state index >= 15 is 0 Å². The lowest BCUT2D eigenvalue weighted by molar-refractivity contribution is -0.117. The van der Waals surface area contributed by atoms with Crippen molar-refractivity contribution in [1.82, 2.24) is 15.2 Å². The van der Waals surface area contributed by atoms with Gasteiger partial charge in [-0.15, -0.1) is 0 Å². The van der Waals surface area contributed by atoms with Gasteiger partial charge >= 0.3 is 0 Å². The Labute approximate surface area is 117 Å². The minimum Gasteiger partial charge on any atom is -0.309 e. The molecule has 1 aliphatic rings. The molecule has 3 rings (SSSR count). The molecule has 20 heavy (non-hydrogen) atoms. The van der Waals surface area contributed by atoms with Gasteiger partial charge in [-0.25, -0.2) is 0 Å². The number of hydrogen-bond donors (Lipinski definition) is 2. The Hall–Kier alpha value is -2.17. The van der Waals surface area contributed by atoms with E-state index in [1.54, 1.807) is 6.20 Å². The van der Waals surface area contributed by atoms with E-state index in [2.05, 4.69) is 26.9 Å². The molecule has 1 radical (unpaired) electrons. The van der Waals surface area contributed by atoms with E-state index in [9.17, 15) is 4.79 Å². The summed E-state index contributed by atoms with van der Waals surface area (Å²) in [5.41, 5.74) is 1.85. The molecular formula is C15H17N4O. The topological polar surface area (TPSA) is 70.7 Å². The highest BCUT2D eigenvalue weighted by molar-refractivity contribution is 5.94. The Balaban J connectivity index is 1.65. The maximum Gasteiger partial charge on any atom is 0.234 e. The molecule has 0 bridgehead atoms. The number of aromatic nitrogens is 3. The lowest BCUT2D eigenvalue weighted by atomic mass is 9.83. The van der Waals surface area contributed by atoms with E-state index in [1.807, 2.05) is 31.2 Å². The van der Waals surface area contributed by atoms with Crippen LogP contribution in [-0.4, -0.2) is 21.1 Å². The van der Waals surface area contributed by atoms with E-state index in [0.717, 1.165) is 24.2 Å². The number of anilines is 1. The summed E-state index contributed by atoms with van der Waals surface area (Å²) in [6, 6.07) is 7.49. The van der Waals surface area contributed by atoms with Crippen LogP contribution in [0.5, 0.6) is 0 Å². The molecule has 2 aromatic rings. The van der Waals surface area contributed by atoms with Crippen LogP contribution in [0, 0.1) is 6.42 Å². The van der Waals surface area contributed by atoms with Crippen molar-refractivity contribution in [3.63, 3.8) is 0 Å². The SMILES string of the molecule is CC(C(=O)Nc1cc(C2C[CH]C2)[nH]n1)c1ccccn1. The van der Waals surface area contributed by atoms with Crippen LogP contribution in [-0.2, 0) is 4.79 Å². The van der Waals surface area contributed by atoms with Gasteiger partial charge in [-0.2, -0.15) is 5.10 Å². The van der Waals surface area contributed by atoms with E-state index < -0.39 is 0 Å². The van der Waals surface area contributed by atoms with Crippen molar-refractivity contribution in [2.75, 3.05) is 5.32 Å². The second kappa shape index (κ2) is 5.45.